The molecule has 1 N–H and O–H groups in total. The average molecular weight is 267 g/mol. The van der Waals surface area contributed by atoms with Gasteiger partial charge >= 0.3 is 0 Å². The highest BCUT2D eigenvalue weighted by Gasteiger charge is 2.13. The van der Waals surface area contributed by atoms with Crippen molar-refractivity contribution in [3.05, 3.63) is 50.7 Å². The van der Waals surface area contributed by atoms with E-state index in [4.69, 9.17) is 0 Å². The van der Waals surface area contributed by atoms with E-state index in [0.29, 0.717) is 13.0 Å². The lowest BCUT2D eigenvalue weighted by Gasteiger charge is -2.06. The molecule has 18 heavy (non-hydrogen) atoms. The predicted molar refractivity (Wildman–Crippen MR) is 67.4 cm³/mol. The summed E-state index contributed by atoms with van der Waals surface area (Å²) < 4.78 is 13.0. The van der Waals surface area contributed by atoms with Gasteiger partial charge in [0.15, 0.2) is 0 Å². The van der Waals surface area contributed by atoms with Crippen LogP contribution in [0.25, 0.3) is 0 Å². The maximum Gasteiger partial charge on any atom is 0.292 e. The highest BCUT2D eigenvalue weighted by Crippen LogP contribution is 2.24. The van der Waals surface area contributed by atoms with Gasteiger partial charge in [0.05, 0.1) is 16.1 Å². The largest absolute Gasteiger partial charge is 0.379 e. The lowest BCUT2D eigenvalue weighted by atomic mass is 10.2. The number of aromatic nitrogens is 1. The van der Waals surface area contributed by atoms with E-state index >= 15 is 0 Å². The maximum atomic E-state index is 13.0. The molecule has 0 unspecified atom stereocenters. The summed E-state index contributed by atoms with van der Waals surface area (Å²) in [5.74, 6) is -0.503. The summed E-state index contributed by atoms with van der Waals surface area (Å²) in [6, 6.07) is 3.35. The Morgan fingerprint density at radius 1 is 1.50 bits per heavy atom. The number of rotatable bonds is 5. The monoisotopic (exact) mass is 267 g/mol. The highest BCUT2D eigenvalue weighted by molar-refractivity contribution is 7.07. The molecule has 0 radical (unpaired) electrons. The van der Waals surface area contributed by atoms with Crippen molar-refractivity contribution in [3.63, 3.8) is 0 Å². The number of halogens is 1. The molecule has 0 saturated heterocycles. The number of nitrogens with one attached hydrogen (secondary N) is 1. The number of nitrogens with zero attached hydrogens (tertiary/aromatic N) is 2. The van der Waals surface area contributed by atoms with Crippen LogP contribution in [0.5, 0.6) is 0 Å². The fourth-order valence-corrected chi connectivity index (χ4v) is 2.09. The molecule has 0 saturated carbocycles. The first kappa shape index (κ1) is 12.4. The van der Waals surface area contributed by atoms with Crippen LogP contribution in [0.4, 0.5) is 15.8 Å². The van der Waals surface area contributed by atoms with Gasteiger partial charge in [-0.3, -0.25) is 10.1 Å². The van der Waals surface area contributed by atoms with Gasteiger partial charge < -0.3 is 5.32 Å². The summed E-state index contributed by atoms with van der Waals surface area (Å²) >= 11 is 1.49. The topological polar surface area (TPSA) is 68.1 Å². The molecule has 5 nitrogen and oxygen atoms in total. The van der Waals surface area contributed by atoms with Gasteiger partial charge in [0, 0.05) is 30.5 Å². The van der Waals surface area contributed by atoms with Crippen LogP contribution in [0.1, 0.15) is 5.69 Å². The van der Waals surface area contributed by atoms with E-state index in [1.165, 1.54) is 11.3 Å². The SMILES string of the molecule is O=[N+]([O-])c1ccc(F)cc1NCCc1cscn1. The van der Waals surface area contributed by atoms with E-state index in [2.05, 4.69) is 10.3 Å². The standard InChI is InChI=1S/C11H10FN3O2S/c12-8-1-2-11(15(16)17)10(5-8)13-4-3-9-6-18-7-14-9/h1-2,5-7,13H,3-4H2. The van der Waals surface area contributed by atoms with Crippen molar-refractivity contribution in [3.8, 4) is 0 Å². The van der Waals surface area contributed by atoms with E-state index in [1.807, 2.05) is 5.38 Å². The van der Waals surface area contributed by atoms with Crippen molar-refractivity contribution in [2.75, 3.05) is 11.9 Å². The van der Waals surface area contributed by atoms with E-state index in [-0.39, 0.29) is 11.4 Å². The molecule has 0 bridgehead atoms. The molecule has 2 rings (SSSR count). The highest BCUT2D eigenvalue weighted by atomic mass is 32.1. The minimum Gasteiger partial charge on any atom is -0.379 e. The summed E-state index contributed by atoms with van der Waals surface area (Å²) in [5.41, 5.74) is 2.69. The lowest BCUT2D eigenvalue weighted by molar-refractivity contribution is -0.384. The Morgan fingerprint density at radius 3 is 3.00 bits per heavy atom. The zero-order valence-electron chi connectivity index (χ0n) is 9.30. The van der Waals surface area contributed by atoms with Crippen LogP contribution >= 0.6 is 11.3 Å². The predicted octanol–water partition coefficient (Wildman–Crippen LogP) is 2.85. The molecule has 94 valence electrons. The summed E-state index contributed by atoms with van der Waals surface area (Å²) in [4.78, 5) is 14.3. The number of anilines is 1. The average Bonchev–Trinajstić information content (AvgIpc) is 2.82. The third kappa shape index (κ3) is 3.01. The quantitative estimate of drug-likeness (QED) is 0.668. The summed E-state index contributed by atoms with van der Waals surface area (Å²) in [7, 11) is 0. The van der Waals surface area contributed by atoms with Crippen LogP contribution < -0.4 is 5.32 Å². The van der Waals surface area contributed by atoms with E-state index in [9.17, 15) is 14.5 Å². The van der Waals surface area contributed by atoms with Crippen LogP contribution in [0.15, 0.2) is 29.1 Å². The Kier molecular flexibility index (Phi) is 3.83. The normalized spacial score (nSPS) is 10.3. The number of nitro groups is 1. The maximum absolute atomic E-state index is 13.0. The molecular weight excluding hydrogens is 257 g/mol. The Bertz CT molecular complexity index is 545. The number of benzene rings is 1. The summed E-state index contributed by atoms with van der Waals surface area (Å²) in [5, 5.41) is 15.5. The van der Waals surface area contributed by atoms with Gasteiger partial charge in [-0.15, -0.1) is 11.3 Å². The second kappa shape index (κ2) is 5.54. The van der Waals surface area contributed by atoms with E-state index in [0.717, 1.165) is 23.9 Å². The number of hydrogen-bond donors (Lipinski definition) is 1. The second-order valence-corrected chi connectivity index (χ2v) is 4.29. The van der Waals surface area contributed by atoms with E-state index < -0.39 is 10.7 Å². The van der Waals surface area contributed by atoms with Gasteiger partial charge in [0.25, 0.3) is 5.69 Å². The number of hydrogen-bond acceptors (Lipinski definition) is 5. The van der Waals surface area contributed by atoms with Gasteiger partial charge in [-0.05, 0) is 6.07 Å². The first-order chi connectivity index (χ1) is 8.66. The molecule has 0 spiro atoms. The van der Waals surface area contributed by atoms with Crippen LogP contribution in [-0.2, 0) is 6.42 Å². The van der Waals surface area contributed by atoms with Crippen molar-refractivity contribution in [2.45, 2.75) is 6.42 Å². The third-order valence-electron chi connectivity index (χ3n) is 2.34. The molecule has 7 heteroatoms. The molecule has 1 aromatic carbocycles. The molecule has 0 amide bonds. The minimum atomic E-state index is -0.537. The fraction of sp³-hybridized carbons (Fsp3) is 0.182. The Labute approximate surface area is 106 Å². The minimum absolute atomic E-state index is 0.130. The fourth-order valence-electron chi connectivity index (χ4n) is 1.50. The molecule has 0 atom stereocenters. The first-order valence-corrected chi connectivity index (χ1v) is 6.16. The van der Waals surface area contributed by atoms with Crippen molar-refractivity contribution in [2.24, 2.45) is 0 Å². The van der Waals surface area contributed by atoms with Gasteiger partial charge in [0.2, 0.25) is 0 Å². The van der Waals surface area contributed by atoms with E-state index in [1.54, 1.807) is 5.51 Å². The molecule has 2 aromatic rings. The van der Waals surface area contributed by atoms with Crippen molar-refractivity contribution >= 4 is 22.7 Å². The van der Waals surface area contributed by atoms with Crippen molar-refractivity contribution in [1.82, 2.24) is 4.98 Å². The Morgan fingerprint density at radius 2 is 2.33 bits per heavy atom. The summed E-state index contributed by atoms with van der Waals surface area (Å²) in [6.07, 6.45) is 0.636. The van der Waals surface area contributed by atoms with Crippen LogP contribution in [0.3, 0.4) is 0 Å². The van der Waals surface area contributed by atoms with Crippen LogP contribution in [-0.4, -0.2) is 16.5 Å². The molecule has 0 fully saturated rings. The van der Waals surface area contributed by atoms with Gasteiger partial charge in [0.1, 0.15) is 11.5 Å². The molecule has 1 heterocycles. The smallest absolute Gasteiger partial charge is 0.292 e. The Balaban J connectivity index is 2.03. The molecule has 0 aliphatic rings. The molecular formula is C11H10FN3O2S. The number of nitro benzene ring substituents is 1. The van der Waals surface area contributed by atoms with Gasteiger partial charge in [-0.2, -0.15) is 0 Å². The van der Waals surface area contributed by atoms with Crippen molar-refractivity contribution < 1.29 is 9.31 Å². The molecule has 0 aliphatic carbocycles. The molecule has 0 aliphatic heterocycles. The third-order valence-corrected chi connectivity index (χ3v) is 2.97. The van der Waals surface area contributed by atoms with Crippen molar-refractivity contribution in [1.29, 1.82) is 0 Å². The number of thiazole rings is 1. The Hall–Kier alpha value is -2.02. The summed E-state index contributed by atoms with van der Waals surface area (Å²) in [6.45, 7) is 0.466. The molecule has 1 aromatic heterocycles. The zero-order chi connectivity index (χ0) is 13.0. The van der Waals surface area contributed by atoms with Crippen LogP contribution in [0, 0.1) is 15.9 Å². The lowest BCUT2D eigenvalue weighted by Crippen LogP contribution is -2.07. The van der Waals surface area contributed by atoms with Gasteiger partial charge in [-0.25, -0.2) is 9.37 Å². The zero-order valence-corrected chi connectivity index (χ0v) is 10.1. The second-order valence-electron chi connectivity index (χ2n) is 3.58. The first-order valence-electron chi connectivity index (χ1n) is 5.21. The van der Waals surface area contributed by atoms with Gasteiger partial charge in [-0.1, -0.05) is 0 Å². The van der Waals surface area contributed by atoms with Crippen LogP contribution in [0.2, 0.25) is 0 Å².